The van der Waals surface area contributed by atoms with Gasteiger partial charge in [-0.2, -0.15) is 5.10 Å². The van der Waals surface area contributed by atoms with Gasteiger partial charge in [-0.05, 0) is 56.7 Å². The molecule has 2 aromatic heterocycles. The van der Waals surface area contributed by atoms with Crippen molar-refractivity contribution >= 4 is 22.5 Å². The molecule has 0 spiro atoms. The zero-order valence-corrected chi connectivity index (χ0v) is 19.0. The van der Waals surface area contributed by atoms with Gasteiger partial charge in [0.15, 0.2) is 6.10 Å². The molecule has 3 N–H and O–H groups in total. The van der Waals surface area contributed by atoms with E-state index < -0.39 is 12.0 Å². The van der Waals surface area contributed by atoms with E-state index >= 15 is 0 Å². The minimum absolute atomic E-state index is 0.0171. The van der Waals surface area contributed by atoms with E-state index in [1.54, 1.807) is 7.05 Å². The second-order valence-electron chi connectivity index (χ2n) is 9.62. The Morgan fingerprint density at radius 2 is 2.10 bits per heavy atom. The summed E-state index contributed by atoms with van der Waals surface area (Å²) in [6, 6.07) is 7.89. The number of amides is 1. The number of benzene rings is 1. The van der Waals surface area contributed by atoms with Crippen LogP contribution >= 0.6 is 0 Å². The first-order chi connectivity index (χ1) is 14.6. The van der Waals surface area contributed by atoms with Crippen molar-refractivity contribution in [3.05, 3.63) is 35.5 Å². The fourth-order valence-electron chi connectivity index (χ4n) is 4.23. The summed E-state index contributed by atoms with van der Waals surface area (Å²) in [5, 5.41) is 19.1. The summed E-state index contributed by atoms with van der Waals surface area (Å²) in [7, 11) is 1.66. The van der Waals surface area contributed by atoms with Gasteiger partial charge in [-0.1, -0.05) is 19.9 Å². The molecular formula is C24H32N4O3. The van der Waals surface area contributed by atoms with Crippen molar-refractivity contribution in [1.82, 2.24) is 15.2 Å². The van der Waals surface area contributed by atoms with E-state index in [-0.39, 0.29) is 12.7 Å². The van der Waals surface area contributed by atoms with Gasteiger partial charge in [0.05, 0.1) is 18.4 Å². The van der Waals surface area contributed by atoms with Crippen LogP contribution in [0.3, 0.4) is 0 Å². The zero-order valence-electron chi connectivity index (χ0n) is 19.0. The van der Waals surface area contributed by atoms with Crippen molar-refractivity contribution in [3.63, 3.8) is 0 Å². The lowest BCUT2D eigenvalue weighted by atomic mass is 9.76. The molecule has 1 atom stereocenters. The number of anilines is 1. The predicted molar refractivity (Wildman–Crippen MR) is 122 cm³/mol. The number of nitrogens with one attached hydrogen (secondary N) is 2. The van der Waals surface area contributed by atoms with Crippen LogP contribution in [0.15, 0.2) is 24.3 Å². The van der Waals surface area contributed by atoms with Crippen molar-refractivity contribution in [2.45, 2.75) is 59.2 Å². The molecule has 1 aliphatic rings. The monoisotopic (exact) mass is 424 g/mol. The molecule has 1 aromatic carbocycles. The lowest BCUT2D eigenvalue weighted by Gasteiger charge is -2.28. The minimum atomic E-state index is -1.19. The van der Waals surface area contributed by atoms with Gasteiger partial charge in [-0.25, -0.2) is 0 Å². The van der Waals surface area contributed by atoms with E-state index in [9.17, 15) is 9.90 Å². The average molecular weight is 425 g/mol. The highest BCUT2D eigenvalue weighted by molar-refractivity contribution is 5.98. The van der Waals surface area contributed by atoms with Crippen LogP contribution in [0, 0.1) is 5.41 Å². The lowest BCUT2D eigenvalue weighted by Crippen LogP contribution is -2.39. The number of fused-ring (bicyclic) bond motifs is 2. The molecule has 0 radical (unpaired) electrons. The highest BCUT2D eigenvalue weighted by Gasteiger charge is 2.29. The Morgan fingerprint density at radius 3 is 2.84 bits per heavy atom. The molecule has 0 bridgehead atoms. The SMILES string of the molecule is CC(C)OCC(O)C(=O)N(C)c1ccc2cc(-c3n[nH]c4c3CCC(C)(C)C4)[nH]c2c1. The molecule has 0 aliphatic heterocycles. The fraction of sp³-hybridized carbons (Fsp3) is 0.500. The minimum Gasteiger partial charge on any atom is -0.381 e. The molecule has 0 saturated carbocycles. The first kappa shape index (κ1) is 21.6. The maximum absolute atomic E-state index is 12.6. The van der Waals surface area contributed by atoms with Crippen molar-refractivity contribution in [1.29, 1.82) is 0 Å². The zero-order chi connectivity index (χ0) is 22.3. The van der Waals surface area contributed by atoms with Crippen LogP contribution in [0.5, 0.6) is 0 Å². The number of likely N-dealkylation sites (N-methyl/N-ethyl adjacent to an activating group) is 1. The fourth-order valence-corrected chi connectivity index (χ4v) is 4.23. The summed E-state index contributed by atoms with van der Waals surface area (Å²) in [5.41, 5.74) is 6.42. The molecule has 7 heteroatoms. The smallest absolute Gasteiger partial charge is 0.257 e. The molecule has 1 aliphatic carbocycles. The van der Waals surface area contributed by atoms with Crippen LogP contribution in [0.2, 0.25) is 0 Å². The van der Waals surface area contributed by atoms with Crippen molar-refractivity contribution < 1.29 is 14.6 Å². The average Bonchev–Trinajstić information content (AvgIpc) is 3.32. The number of ether oxygens (including phenoxy) is 1. The van der Waals surface area contributed by atoms with E-state index in [1.807, 2.05) is 32.0 Å². The van der Waals surface area contributed by atoms with Crippen LogP contribution in [-0.2, 0) is 22.4 Å². The second kappa shape index (κ2) is 8.13. The molecule has 4 rings (SSSR count). The quantitative estimate of drug-likeness (QED) is 0.561. The summed E-state index contributed by atoms with van der Waals surface area (Å²) in [4.78, 5) is 17.5. The summed E-state index contributed by atoms with van der Waals surface area (Å²) in [6.45, 7) is 8.32. The number of aromatic amines is 2. The normalized spacial score (nSPS) is 16.5. The topological polar surface area (TPSA) is 94.2 Å². The maximum Gasteiger partial charge on any atom is 0.257 e. The van der Waals surface area contributed by atoms with Gasteiger partial charge in [0.25, 0.3) is 5.91 Å². The second-order valence-corrected chi connectivity index (χ2v) is 9.62. The van der Waals surface area contributed by atoms with Gasteiger partial charge in [-0.3, -0.25) is 9.89 Å². The number of carbonyl (C=O) groups excluding carboxylic acids is 1. The molecular weight excluding hydrogens is 392 g/mol. The van der Waals surface area contributed by atoms with Crippen LogP contribution in [0.25, 0.3) is 22.3 Å². The van der Waals surface area contributed by atoms with E-state index in [2.05, 4.69) is 35.1 Å². The number of aromatic nitrogens is 3. The van der Waals surface area contributed by atoms with Gasteiger partial charge >= 0.3 is 0 Å². The van der Waals surface area contributed by atoms with Crippen molar-refractivity contribution in [2.75, 3.05) is 18.6 Å². The Morgan fingerprint density at radius 1 is 1.32 bits per heavy atom. The largest absolute Gasteiger partial charge is 0.381 e. The molecule has 2 heterocycles. The van der Waals surface area contributed by atoms with Crippen LogP contribution in [-0.4, -0.2) is 52.1 Å². The van der Waals surface area contributed by atoms with Gasteiger partial charge < -0.3 is 19.7 Å². The van der Waals surface area contributed by atoms with E-state index in [0.717, 1.165) is 41.6 Å². The van der Waals surface area contributed by atoms with Crippen molar-refractivity contribution in [3.8, 4) is 11.4 Å². The summed E-state index contributed by atoms with van der Waals surface area (Å²) >= 11 is 0. The Hall–Kier alpha value is -2.64. The van der Waals surface area contributed by atoms with Gasteiger partial charge in [-0.15, -0.1) is 0 Å². The number of carbonyl (C=O) groups is 1. The summed E-state index contributed by atoms with van der Waals surface area (Å²) < 4.78 is 5.37. The number of nitrogens with zero attached hydrogens (tertiary/aromatic N) is 2. The molecule has 1 amide bonds. The third-order valence-electron chi connectivity index (χ3n) is 6.11. The lowest BCUT2D eigenvalue weighted by molar-refractivity contribution is -0.130. The number of rotatable bonds is 6. The number of hydrogen-bond acceptors (Lipinski definition) is 4. The molecule has 166 valence electrons. The third-order valence-corrected chi connectivity index (χ3v) is 6.11. The highest BCUT2D eigenvalue weighted by atomic mass is 16.5. The summed E-state index contributed by atoms with van der Waals surface area (Å²) in [5.74, 6) is -0.393. The first-order valence-electron chi connectivity index (χ1n) is 10.9. The molecule has 3 aromatic rings. The number of aliphatic hydroxyl groups is 1. The highest BCUT2D eigenvalue weighted by Crippen LogP contribution is 2.38. The van der Waals surface area contributed by atoms with Crippen LogP contribution in [0.4, 0.5) is 5.69 Å². The standard InChI is InChI=1S/C24H32N4O3/c1-14(2)31-13-21(29)23(30)28(5)16-7-6-15-10-19(25-18(15)11-16)22-17-8-9-24(3,4)12-20(17)26-27-22/h6-7,10-11,14,21,25,29H,8-9,12-13H2,1-5H3,(H,26,27). The maximum atomic E-state index is 12.6. The van der Waals surface area contributed by atoms with Crippen LogP contribution in [0.1, 0.15) is 45.4 Å². The first-order valence-corrected chi connectivity index (χ1v) is 10.9. The van der Waals surface area contributed by atoms with Crippen LogP contribution < -0.4 is 4.90 Å². The third kappa shape index (κ3) is 4.38. The Balaban J connectivity index is 1.57. The molecule has 0 fully saturated rings. The molecule has 0 saturated heterocycles. The Kier molecular flexibility index (Phi) is 5.66. The molecule has 31 heavy (non-hydrogen) atoms. The molecule has 1 unspecified atom stereocenters. The summed E-state index contributed by atoms with van der Waals surface area (Å²) in [6.07, 6.45) is 1.94. The van der Waals surface area contributed by atoms with E-state index in [1.165, 1.54) is 16.2 Å². The Labute approximate surface area is 182 Å². The predicted octanol–water partition coefficient (Wildman–Crippen LogP) is 3.82. The number of hydrogen-bond donors (Lipinski definition) is 3. The Bertz CT molecular complexity index is 1100. The van der Waals surface area contributed by atoms with Gasteiger partial charge in [0.1, 0.15) is 5.69 Å². The van der Waals surface area contributed by atoms with Crippen molar-refractivity contribution in [2.24, 2.45) is 5.41 Å². The molecule has 7 nitrogen and oxygen atoms in total. The van der Waals surface area contributed by atoms with E-state index in [0.29, 0.717) is 11.1 Å². The van der Waals surface area contributed by atoms with Gasteiger partial charge in [0.2, 0.25) is 0 Å². The van der Waals surface area contributed by atoms with E-state index in [4.69, 9.17) is 4.74 Å². The van der Waals surface area contributed by atoms with Gasteiger partial charge in [0, 0.05) is 34.9 Å². The number of H-pyrrole nitrogens is 2. The number of aliphatic hydroxyl groups excluding tert-OH is 1.